The summed E-state index contributed by atoms with van der Waals surface area (Å²) in [4.78, 5) is 23.3. The molecule has 0 radical (unpaired) electrons. The van der Waals surface area contributed by atoms with Gasteiger partial charge in [-0.25, -0.2) is 9.18 Å². The Morgan fingerprint density at radius 1 is 1.26 bits per heavy atom. The third kappa shape index (κ3) is 2.76. The van der Waals surface area contributed by atoms with Gasteiger partial charge in [-0.05, 0) is 13.0 Å². The molecule has 0 aliphatic carbocycles. The summed E-state index contributed by atoms with van der Waals surface area (Å²) in [7, 11) is 0. The molecule has 0 bridgehead atoms. The Morgan fingerprint density at radius 2 is 1.96 bits per heavy atom. The Balaban J connectivity index is 1.83. The molecule has 3 rings (SSSR count). The summed E-state index contributed by atoms with van der Waals surface area (Å²) in [6.07, 6.45) is 0. The van der Waals surface area contributed by atoms with Crippen molar-refractivity contribution in [3.63, 3.8) is 0 Å². The van der Waals surface area contributed by atoms with Crippen molar-refractivity contribution in [2.45, 2.75) is 13.5 Å². The van der Waals surface area contributed by atoms with E-state index in [4.69, 9.17) is 20.6 Å². The molecule has 0 atom stereocenters. The van der Waals surface area contributed by atoms with Gasteiger partial charge >= 0.3 is 5.97 Å². The van der Waals surface area contributed by atoms with Gasteiger partial charge in [-0.15, -0.1) is 0 Å². The molecule has 0 saturated carbocycles. The SMILES string of the molecule is Cc1c(C(=O)OCc2nc(N)nc(N)n2)oc2c(F)cccc12. The lowest BCUT2D eigenvalue weighted by molar-refractivity contribution is 0.0427. The smallest absolute Gasteiger partial charge is 0.375 e. The van der Waals surface area contributed by atoms with Gasteiger partial charge < -0.3 is 20.6 Å². The van der Waals surface area contributed by atoms with Crippen molar-refractivity contribution >= 4 is 28.8 Å². The van der Waals surface area contributed by atoms with Crippen LogP contribution in [0, 0.1) is 12.7 Å². The number of rotatable bonds is 3. The second-order valence-electron chi connectivity index (χ2n) is 4.72. The number of halogens is 1. The molecular weight excluding hydrogens is 305 g/mol. The van der Waals surface area contributed by atoms with Crippen molar-refractivity contribution in [3.05, 3.63) is 41.2 Å². The number of carbonyl (C=O) groups is 1. The molecular formula is C14H12FN5O3. The molecule has 0 amide bonds. The van der Waals surface area contributed by atoms with Crippen LogP contribution in [0.2, 0.25) is 0 Å². The summed E-state index contributed by atoms with van der Waals surface area (Å²) in [5.74, 6) is -1.46. The van der Waals surface area contributed by atoms with Crippen LogP contribution < -0.4 is 11.5 Å². The fourth-order valence-electron chi connectivity index (χ4n) is 2.12. The number of esters is 1. The third-order valence-corrected chi connectivity index (χ3v) is 3.15. The summed E-state index contributed by atoms with van der Waals surface area (Å²) >= 11 is 0. The van der Waals surface area contributed by atoms with E-state index in [9.17, 15) is 9.18 Å². The quantitative estimate of drug-likeness (QED) is 0.696. The summed E-state index contributed by atoms with van der Waals surface area (Å²) in [5.41, 5.74) is 11.3. The number of benzene rings is 1. The van der Waals surface area contributed by atoms with Crippen molar-refractivity contribution < 1.29 is 18.3 Å². The second kappa shape index (κ2) is 5.52. The van der Waals surface area contributed by atoms with Gasteiger partial charge in [0.2, 0.25) is 17.7 Å². The van der Waals surface area contributed by atoms with Gasteiger partial charge in [0.15, 0.2) is 23.8 Å². The molecule has 2 heterocycles. The fraction of sp³-hybridized carbons (Fsp3) is 0.143. The lowest BCUT2D eigenvalue weighted by atomic mass is 10.1. The van der Waals surface area contributed by atoms with E-state index in [0.717, 1.165) is 0 Å². The Hall–Kier alpha value is -3.23. The highest BCUT2D eigenvalue weighted by atomic mass is 19.1. The Labute approximate surface area is 129 Å². The first-order valence-corrected chi connectivity index (χ1v) is 6.56. The number of nitrogen functional groups attached to an aromatic ring is 2. The number of para-hydroxylation sites is 1. The molecule has 0 aliphatic rings. The lowest BCUT2D eigenvalue weighted by Crippen LogP contribution is -2.11. The molecule has 1 aromatic carbocycles. The molecule has 3 aromatic rings. The Bertz CT molecular complexity index is 889. The molecule has 0 spiro atoms. The molecule has 118 valence electrons. The largest absolute Gasteiger partial charge is 0.452 e. The lowest BCUT2D eigenvalue weighted by Gasteiger charge is -2.03. The van der Waals surface area contributed by atoms with Gasteiger partial charge in [0.05, 0.1) is 0 Å². The normalized spacial score (nSPS) is 10.9. The summed E-state index contributed by atoms with van der Waals surface area (Å²) in [6, 6.07) is 4.43. The summed E-state index contributed by atoms with van der Waals surface area (Å²) in [5, 5.41) is 0.505. The number of nitrogens with zero attached hydrogens (tertiary/aromatic N) is 3. The minimum absolute atomic E-state index is 0.00519. The second-order valence-corrected chi connectivity index (χ2v) is 4.72. The first kappa shape index (κ1) is 14.7. The van der Waals surface area contributed by atoms with Crippen LogP contribution in [0.5, 0.6) is 0 Å². The van der Waals surface area contributed by atoms with Crippen LogP contribution in [0.15, 0.2) is 22.6 Å². The maximum atomic E-state index is 13.7. The zero-order valence-corrected chi connectivity index (χ0v) is 12.0. The van der Waals surface area contributed by atoms with Crippen molar-refractivity contribution in [1.29, 1.82) is 0 Å². The summed E-state index contributed by atoms with van der Waals surface area (Å²) < 4.78 is 24.0. The molecule has 0 saturated heterocycles. The van der Waals surface area contributed by atoms with Crippen LogP contribution in [0.3, 0.4) is 0 Å². The van der Waals surface area contributed by atoms with Crippen LogP contribution in [0.25, 0.3) is 11.0 Å². The molecule has 4 N–H and O–H groups in total. The van der Waals surface area contributed by atoms with E-state index >= 15 is 0 Å². The molecule has 9 heteroatoms. The van der Waals surface area contributed by atoms with Gasteiger partial charge in [0, 0.05) is 10.9 Å². The van der Waals surface area contributed by atoms with Gasteiger partial charge in [-0.3, -0.25) is 0 Å². The topological polar surface area (TPSA) is 130 Å². The number of ether oxygens (including phenoxy) is 1. The highest BCUT2D eigenvalue weighted by Crippen LogP contribution is 2.27. The predicted octanol–water partition coefficient (Wildman–Crippen LogP) is 1.59. The minimum Gasteiger partial charge on any atom is -0.452 e. The van der Waals surface area contributed by atoms with Crippen LogP contribution in [0.1, 0.15) is 21.9 Å². The third-order valence-electron chi connectivity index (χ3n) is 3.15. The predicted molar refractivity (Wildman–Crippen MR) is 78.7 cm³/mol. The maximum Gasteiger partial charge on any atom is 0.375 e. The number of carbonyl (C=O) groups excluding carboxylic acids is 1. The average Bonchev–Trinajstić information content (AvgIpc) is 2.83. The number of hydrogen-bond donors (Lipinski definition) is 2. The molecule has 2 aromatic heterocycles. The Kier molecular flexibility index (Phi) is 3.53. The van der Waals surface area contributed by atoms with E-state index in [-0.39, 0.29) is 35.7 Å². The first-order chi connectivity index (χ1) is 11.0. The highest BCUT2D eigenvalue weighted by Gasteiger charge is 2.21. The number of furan rings is 1. The highest BCUT2D eigenvalue weighted by molar-refractivity contribution is 5.96. The van der Waals surface area contributed by atoms with Gasteiger partial charge in [0.1, 0.15) is 0 Å². The van der Waals surface area contributed by atoms with Gasteiger partial charge in [0.25, 0.3) is 0 Å². The number of aryl methyl sites for hydroxylation is 1. The van der Waals surface area contributed by atoms with Crippen molar-refractivity contribution in [2.24, 2.45) is 0 Å². The zero-order chi connectivity index (χ0) is 16.6. The standard InChI is InChI=1S/C14H12FN5O3/c1-6-7-3-2-4-8(15)11(7)23-10(6)12(21)22-5-9-18-13(16)20-14(17)19-9/h2-4H,5H2,1H3,(H4,16,17,18,19,20). The number of anilines is 2. The van der Waals surface area contributed by atoms with E-state index < -0.39 is 11.8 Å². The number of nitrogens with two attached hydrogens (primary N) is 2. The maximum absolute atomic E-state index is 13.7. The van der Waals surface area contributed by atoms with Crippen molar-refractivity contribution in [2.75, 3.05) is 11.5 Å². The fourth-order valence-corrected chi connectivity index (χ4v) is 2.12. The molecule has 0 fully saturated rings. The molecule has 0 aliphatic heterocycles. The van der Waals surface area contributed by atoms with Gasteiger partial charge in [-0.2, -0.15) is 15.0 Å². The van der Waals surface area contributed by atoms with Crippen molar-refractivity contribution in [1.82, 2.24) is 15.0 Å². The van der Waals surface area contributed by atoms with E-state index in [1.807, 2.05) is 0 Å². The van der Waals surface area contributed by atoms with E-state index in [2.05, 4.69) is 15.0 Å². The number of hydrogen-bond acceptors (Lipinski definition) is 8. The first-order valence-electron chi connectivity index (χ1n) is 6.56. The van der Waals surface area contributed by atoms with E-state index in [1.54, 1.807) is 13.0 Å². The molecule has 23 heavy (non-hydrogen) atoms. The average molecular weight is 317 g/mol. The van der Waals surface area contributed by atoms with Crippen LogP contribution >= 0.6 is 0 Å². The molecule has 8 nitrogen and oxygen atoms in total. The minimum atomic E-state index is -0.768. The summed E-state index contributed by atoms with van der Waals surface area (Å²) in [6.45, 7) is 1.37. The van der Waals surface area contributed by atoms with E-state index in [0.29, 0.717) is 10.9 Å². The monoisotopic (exact) mass is 317 g/mol. The Morgan fingerprint density at radius 3 is 2.61 bits per heavy atom. The van der Waals surface area contributed by atoms with Gasteiger partial charge in [-0.1, -0.05) is 12.1 Å². The van der Waals surface area contributed by atoms with E-state index in [1.165, 1.54) is 12.1 Å². The van der Waals surface area contributed by atoms with Crippen molar-refractivity contribution in [3.8, 4) is 0 Å². The number of aromatic nitrogens is 3. The zero-order valence-electron chi connectivity index (χ0n) is 12.0. The van der Waals surface area contributed by atoms with Crippen LogP contribution in [-0.4, -0.2) is 20.9 Å². The molecule has 0 unspecified atom stereocenters. The van der Waals surface area contributed by atoms with Crippen LogP contribution in [0.4, 0.5) is 16.3 Å². The number of fused-ring (bicyclic) bond motifs is 1. The van der Waals surface area contributed by atoms with Crippen LogP contribution in [-0.2, 0) is 11.3 Å².